The Bertz CT molecular complexity index is 655. The smallest absolute Gasteiger partial charge is 0.251 e. The van der Waals surface area contributed by atoms with Crippen LogP contribution in [0.5, 0.6) is 11.5 Å². The van der Waals surface area contributed by atoms with Crippen LogP contribution in [0.4, 0.5) is 0 Å². The zero-order valence-electron chi connectivity index (χ0n) is 12.4. The van der Waals surface area contributed by atoms with Crippen LogP contribution in [0.25, 0.3) is 0 Å². The lowest BCUT2D eigenvalue weighted by Crippen LogP contribution is -2.25. The molecule has 0 saturated carbocycles. The van der Waals surface area contributed by atoms with Crippen LogP contribution in [-0.4, -0.2) is 29.8 Å². The van der Waals surface area contributed by atoms with Crippen molar-refractivity contribution in [2.24, 2.45) is 0 Å². The van der Waals surface area contributed by atoms with Gasteiger partial charge in [0.2, 0.25) is 0 Å². The summed E-state index contributed by atoms with van der Waals surface area (Å²) in [5, 5.41) is 21.5. The predicted molar refractivity (Wildman–Crippen MR) is 83.0 cm³/mol. The standard InChI is InChI=1S/C17H19NO4/c1-22-11-13-3-2-4-14(9-13)17(21)18-8-7-12-5-6-15(19)16(20)10-12/h2-6,9-10,19-20H,7-8,11H2,1H3,(H,18,21). The predicted octanol–water partition coefficient (Wildman–Crippen LogP) is 2.22. The molecule has 0 aliphatic rings. The second kappa shape index (κ2) is 7.47. The molecule has 0 aliphatic carbocycles. The molecule has 0 radical (unpaired) electrons. The van der Waals surface area contributed by atoms with Crippen LogP contribution in [0.2, 0.25) is 0 Å². The van der Waals surface area contributed by atoms with Crippen molar-refractivity contribution in [3.05, 3.63) is 59.2 Å². The van der Waals surface area contributed by atoms with Crippen molar-refractivity contribution in [2.75, 3.05) is 13.7 Å². The Kier molecular flexibility index (Phi) is 5.38. The van der Waals surface area contributed by atoms with E-state index >= 15 is 0 Å². The van der Waals surface area contributed by atoms with E-state index < -0.39 is 0 Å². The number of rotatable bonds is 6. The molecule has 5 heteroatoms. The molecule has 0 unspecified atom stereocenters. The maximum absolute atomic E-state index is 12.1. The van der Waals surface area contributed by atoms with Gasteiger partial charge in [-0.25, -0.2) is 0 Å². The zero-order valence-corrected chi connectivity index (χ0v) is 12.4. The Hall–Kier alpha value is -2.53. The van der Waals surface area contributed by atoms with Crippen molar-refractivity contribution < 1.29 is 19.7 Å². The maximum atomic E-state index is 12.1. The second-order valence-corrected chi connectivity index (χ2v) is 4.96. The second-order valence-electron chi connectivity index (χ2n) is 4.96. The molecule has 3 N–H and O–H groups in total. The number of phenolic OH excluding ortho intramolecular Hbond substituents is 2. The van der Waals surface area contributed by atoms with Crippen LogP contribution in [-0.2, 0) is 17.8 Å². The van der Waals surface area contributed by atoms with E-state index in [9.17, 15) is 15.0 Å². The van der Waals surface area contributed by atoms with E-state index in [0.29, 0.717) is 25.1 Å². The molecule has 0 saturated heterocycles. The number of hydrogen-bond donors (Lipinski definition) is 3. The molecular weight excluding hydrogens is 282 g/mol. The van der Waals surface area contributed by atoms with Crippen LogP contribution in [0.15, 0.2) is 42.5 Å². The number of ether oxygens (including phenoxy) is 1. The molecule has 116 valence electrons. The van der Waals surface area contributed by atoms with Crippen molar-refractivity contribution in [1.82, 2.24) is 5.32 Å². The molecule has 0 fully saturated rings. The third-order valence-corrected chi connectivity index (χ3v) is 3.24. The van der Waals surface area contributed by atoms with Gasteiger partial charge in [0, 0.05) is 19.2 Å². The lowest BCUT2D eigenvalue weighted by molar-refractivity contribution is 0.0954. The number of benzene rings is 2. The van der Waals surface area contributed by atoms with Gasteiger partial charge in [-0.3, -0.25) is 4.79 Å². The highest BCUT2D eigenvalue weighted by Crippen LogP contribution is 2.24. The van der Waals surface area contributed by atoms with Crippen molar-refractivity contribution in [2.45, 2.75) is 13.0 Å². The number of phenols is 2. The van der Waals surface area contributed by atoms with Crippen molar-refractivity contribution in [1.29, 1.82) is 0 Å². The molecule has 0 atom stereocenters. The first kappa shape index (κ1) is 15.9. The van der Waals surface area contributed by atoms with E-state index in [4.69, 9.17) is 4.74 Å². The summed E-state index contributed by atoms with van der Waals surface area (Å²) in [6.07, 6.45) is 0.567. The third kappa shape index (κ3) is 4.23. The van der Waals surface area contributed by atoms with Crippen LogP contribution < -0.4 is 5.32 Å². The first-order chi connectivity index (χ1) is 10.6. The van der Waals surface area contributed by atoms with Crippen LogP contribution in [0.1, 0.15) is 21.5 Å². The molecule has 2 aromatic rings. The van der Waals surface area contributed by atoms with Crippen LogP contribution in [0, 0.1) is 0 Å². The van der Waals surface area contributed by atoms with Gasteiger partial charge in [0.05, 0.1) is 6.61 Å². The van der Waals surface area contributed by atoms with E-state index in [1.54, 1.807) is 25.3 Å². The van der Waals surface area contributed by atoms with Gasteiger partial charge in [0.1, 0.15) is 0 Å². The van der Waals surface area contributed by atoms with Gasteiger partial charge in [-0.1, -0.05) is 18.2 Å². The quantitative estimate of drug-likeness (QED) is 0.715. The van der Waals surface area contributed by atoms with Crippen LogP contribution in [0.3, 0.4) is 0 Å². The third-order valence-electron chi connectivity index (χ3n) is 3.24. The van der Waals surface area contributed by atoms with Gasteiger partial charge in [-0.05, 0) is 41.8 Å². The summed E-state index contributed by atoms with van der Waals surface area (Å²) in [4.78, 5) is 12.1. The number of methoxy groups -OCH3 is 1. The van der Waals surface area contributed by atoms with Gasteiger partial charge in [0.25, 0.3) is 5.91 Å². The van der Waals surface area contributed by atoms with Gasteiger partial charge in [-0.2, -0.15) is 0 Å². The summed E-state index contributed by atoms with van der Waals surface area (Å²) >= 11 is 0. The molecule has 0 heterocycles. The van der Waals surface area contributed by atoms with Gasteiger partial charge in [0.15, 0.2) is 11.5 Å². The van der Waals surface area contributed by atoms with E-state index in [2.05, 4.69) is 5.32 Å². The summed E-state index contributed by atoms with van der Waals surface area (Å²) in [7, 11) is 1.61. The minimum Gasteiger partial charge on any atom is -0.504 e. The first-order valence-electron chi connectivity index (χ1n) is 6.97. The average molecular weight is 301 g/mol. The Labute approximate surface area is 129 Å². The number of carbonyl (C=O) groups excluding carboxylic acids is 1. The fraction of sp³-hybridized carbons (Fsp3) is 0.235. The Morgan fingerprint density at radius 2 is 1.91 bits per heavy atom. The lowest BCUT2D eigenvalue weighted by Gasteiger charge is -2.07. The van der Waals surface area contributed by atoms with Crippen molar-refractivity contribution in [3.63, 3.8) is 0 Å². The van der Waals surface area contributed by atoms with E-state index in [1.165, 1.54) is 12.1 Å². The number of nitrogens with one attached hydrogen (secondary N) is 1. The SMILES string of the molecule is COCc1cccc(C(=O)NCCc2ccc(O)c(O)c2)c1. The summed E-state index contributed by atoms with van der Waals surface area (Å²) < 4.78 is 5.05. The zero-order chi connectivity index (χ0) is 15.9. The number of aromatic hydroxyl groups is 2. The summed E-state index contributed by atoms with van der Waals surface area (Å²) in [5.74, 6) is -0.459. The minimum absolute atomic E-state index is 0.150. The topological polar surface area (TPSA) is 78.8 Å². The molecule has 0 spiro atoms. The van der Waals surface area contributed by atoms with Gasteiger partial charge < -0.3 is 20.3 Å². The molecule has 0 aromatic heterocycles. The molecule has 22 heavy (non-hydrogen) atoms. The van der Waals surface area contributed by atoms with Gasteiger partial charge >= 0.3 is 0 Å². The van der Waals surface area contributed by atoms with E-state index in [0.717, 1.165) is 11.1 Å². The Morgan fingerprint density at radius 3 is 2.64 bits per heavy atom. The Balaban J connectivity index is 1.89. The van der Waals surface area contributed by atoms with Crippen molar-refractivity contribution >= 4 is 5.91 Å². The van der Waals surface area contributed by atoms with Gasteiger partial charge in [-0.15, -0.1) is 0 Å². The number of carbonyl (C=O) groups is 1. The summed E-state index contributed by atoms with van der Waals surface area (Å²) in [6, 6.07) is 11.9. The molecule has 0 aliphatic heterocycles. The monoisotopic (exact) mass is 301 g/mol. The molecule has 2 aromatic carbocycles. The maximum Gasteiger partial charge on any atom is 0.251 e. The first-order valence-corrected chi connectivity index (χ1v) is 6.97. The fourth-order valence-corrected chi connectivity index (χ4v) is 2.12. The highest BCUT2D eigenvalue weighted by Gasteiger charge is 2.06. The fourth-order valence-electron chi connectivity index (χ4n) is 2.12. The molecule has 1 amide bonds. The number of amides is 1. The Morgan fingerprint density at radius 1 is 1.09 bits per heavy atom. The van der Waals surface area contributed by atoms with E-state index in [-0.39, 0.29) is 17.4 Å². The normalized spacial score (nSPS) is 10.4. The van der Waals surface area contributed by atoms with E-state index in [1.807, 2.05) is 12.1 Å². The summed E-state index contributed by atoms with van der Waals surface area (Å²) in [6.45, 7) is 0.908. The average Bonchev–Trinajstić information content (AvgIpc) is 2.51. The largest absolute Gasteiger partial charge is 0.504 e. The molecule has 5 nitrogen and oxygen atoms in total. The minimum atomic E-state index is -0.156. The summed E-state index contributed by atoms with van der Waals surface area (Å²) in [5.41, 5.74) is 2.37. The number of hydrogen-bond acceptors (Lipinski definition) is 4. The highest BCUT2D eigenvalue weighted by atomic mass is 16.5. The van der Waals surface area contributed by atoms with Crippen LogP contribution >= 0.6 is 0 Å². The molecule has 0 bridgehead atoms. The highest BCUT2D eigenvalue weighted by molar-refractivity contribution is 5.94. The lowest BCUT2D eigenvalue weighted by atomic mass is 10.1. The molecule has 2 rings (SSSR count). The van der Waals surface area contributed by atoms with Crippen molar-refractivity contribution in [3.8, 4) is 11.5 Å². The molecular formula is C17H19NO4.